The highest BCUT2D eigenvalue weighted by molar-refractivity contribution is 7.16. The molecule has 0 spiro atoms. The molecule has 1 aromatic heterocycles. The van der Waals surface area contributed by atoms with Crippen LogP contribution >= 0.6 is 11.3 Å². The van der Waals surface area contributed by atoms with Gasteiger partial charge in [-0.15, -0.1) is 5.10 Å². The lowest BCUT2D eigenvalue weighted by Gasteiger charge is -2.28. The van der Waals surface area contributed by atoms with E-state index < -0.39 is 0 Å². The van der Waals surface area contributed by atoms with Gasteiger partial charge in [-0.25, -0.2) is 0 Å². The van der Waals surface area contributed by atoms with Gasteiger partial charge in [-0.05, 0) is 36.8 Å². The summed E-state index contributed by atoms with van der Waals surface area (Å²) in [5, 5.41) is 8.93. The Morgan fingerprint density at radius 2 is 1.77 bits per heavy atom. The SMILES string of the molecule is C/C(=N\N=c1/sc2ccccc2n1C)c1ccc(N2CCOCC2)cc1. The Bertz CT molecular complexity index is 995. The van der Waals surface area contributed by atoms with E-state index in [1.54, 1.807) is 11.3 Å². The van der Waals surface area contributed by atoms with E-state index in [2.05, 4.69) is 56.1 Å². The van der Waals surface area contributed by atoms with E-state index in [9.17, 15) is 0 Å². The van der Waals surface area contributed by atoms with E-state index in [4.69, 9.17) is 4.74 Å². The topological polar surface area (TPSA) is 42.1 Å². The summed E-state index contributed by atoms with van der Waals surface area (Å²) in [7, 11) is 2.03. The first-order valence-corrected chi connectivity index (χ1v) is 9.60. The van der Waals surface area contributed by atoms with Crippen LogP contribution in [-0.4, -0.2) is 36.6 Å². The number of aryl methyl sites for hydroxylation is 1. The molecular weight excluding hydrogens is 344 g/mol. The lowest BCUT2D eigenvalue weighted by atomic mass is 10.1. The number of hydrogen-bond donors (Lipinski definition) is 0. The van der Waals surface area contributed by atoms with Crippen molar-refractivity contribution in [3.63, 3.8) is 0 Å². The number of nitrogens with zero attached hydrogens (tertiary/aromatic N) is 4. The summed E-state index contributed by atoms with van der Waals surface area (Å²) in [5.74, 6) is 0. The molecule has 0 aliphatic carbocycles. The van der Waals surface area contributed by atoms with Crippen LogP contribution < -0.4 is 9.70 Å². The summed E-state index contributed by atoms with van der Waals surface area (Å²) in [5.41, 5.74) is 4.42. The highest BCUT2D eigenvalue weighted by Gasteiger charge is 2.11. The molecule has 5 nitrogen and oxygen atoms in total. The molecule has 1 aliphatic heterocycles. The van der Waals surface area contributed by atoms with E-state index >= 15 is 0 Å². The van der Waals surface area contributed by atoms with Crippen molar-refractivity contribution in [1.29, 1.82) is 0 Å². The molecule has 0 saturated carbocycles. The van der Waals surface area contributed by atoms with Gasteiger partial charge in [0.25, 0.3) is 0 Å². The summed E-state index contributed by atoms with van der Waals surface area (Å²) < 4.78 is 8.71. The lowest BCUT2D eigenvalue weighted by Crippen LogP contribution is -2.36. The Kier molecular flexibility index (Phi) is 4.86. The van der Waals surface area contributed by atoms with Gasteiger partial charge in [-0.3, -0.25) is 0 Å². The second-order valence-electron chi connectivity index (χ2n) is 6.34. The number of fused-ring (bicyclic) bond motifs is 1. The maximum Gasteiger partial charge on any atom is 0.211 e. The molecular formula is C20H22N4OS. The third-order valence-electron chi connectivity index (χ3n) is 4.66. The minimum Gasteiger partial charge on any atom is -0.378 e. The first-order valence-electron chi connectivity index (χ1n) is 8.78. The van der Waals surface area contributed by atoms with Crippen LogP contribution in [-0.2, 0) is 11.8 Å². The molecule has 0 amide bonds. The molecule has 4 rings (SSSR count). The number of hydrogen-bond acceptors (Lipinski definition) is 5. The molecule has 0 atom stereocenters. The number of ether oxygens (including phenoxy) is 1. The highest BCUT2D eigenvalue weighted by atomic mass is 32.1. The van der Waals surface area contributed by atoms with Crippen molar-refractivity contribution >= 4 is 33.0 Å². The van der Waals surface area contributed by atoms with Crippen molar-refractivity contribution in [3.05, 3.63) is 58.9 Å². The number of thiazole rings is 1. The first kappa shape index (κ1) is 17.0. The van der Waals surface area contributed by atoms with Crippen LogP contribution in [0.2, 0.25) is 0 Å². The maximum atomic E-state index is 5.41. The Morgan fingerprint density at radius 3 is 2.50 bits per heavy atom. The van der Waals surface area contributed by atoms with Crippen molar-refractivity contribution < 1.29 is 4.74 Å². The fourth-order valence-corrected chi connectivity index (χ4v) is 4.06. The molecule has 1 aliphatic rings. The molecule has 0 bridgehead atoms. The van der Waals surface area contributed by atoms with Crippen LogP contribution in [0.25, 0.3) is 10.2 Å². The van der Waals surface area contributed by atoms with E-state index in [1.807, 2.05) is 26.1 Å². The second-order valence-corrected chi connectivity index (χ2v) is 7.35. The van der Waals surface area contributed by atoms with Gasteiger partial charge in [0.15, 0.2) is 0 Å². The largest absolute Gasteiger partial charge is 0.378 e. The number of morpholine rings is 1. The van der Waals surface area contributed by atoms with Crippen molar-refractivity contribution in [1.82, 2.24) is 4.57 Å². The van der Waals surface area contributed by atoms with E-state index in [0.717, 1.165) is 42.4 Å². The molecule has 2 heterocycles. The third kappa shape index (κ3) is 3.43. The van der Waals surface area contributed by atoms with Crippen molar-refractivity contribution in [2.75, 3.05) is 31.2 Å². The molecule has 2 aromatic carbocycles. The molecule has 1 fully saturated rings. The zero-order valence-corrected chi connectivity index (χ0v) is 15.9. The number of anilines is 1. The average molecular weight is 366 g/mol. The van der Waals surface area contributed by atoms with E-state index in [-0.39, 0.29) is 0 Å². The molecule has 6 heteroatoms. The van der Waals surface area contributed by atoms with Gasteiger partial charge in [0.1, 0.15) is 0 Å². The van der Waals surface area contributed by atoms with Crippen LogP contribution in [0, 0.1) is 0 Å². The van der Waals surface area contributed by atoms with Gasteiger partial charge in [0, 0.05) is 25.8 Å². The van der Waals surface area contributed by atoms with Gasteiger partial charge in [0.2, 0.25) is 4.80 Å². The maximum absolute atomic E-state index is 5.41. The number of benzene rings is 2. The normalized spacial score (nSPS) is 16.5. The van der Waals surface area contributed by atoms with Gasteiger partial charge in [-0.1, -0.05) is 35.6 Å². The summed E-state index contributed by atoms with van der Waals surface area (Å²) >= 11 is 1.65. The summed E-state index contributed by atoms with van der Waals surface area (Å²) in [6.07, 6.45) is 0. The summed E-state index contributed by atoms with van der Waals surface area (Å²) in [6, 6.07) is 16.8. The quantitative estimate of drug-likeness (QED) is 0.527. The standard InChI is InChI=1S/C20H22N4OS/c1-15(16-7-9-17(10-8-16)24-11-13-25-14-12-24)21-22-20-23(2)18-5-3-4-6-19(18)26-20/h3-10H,11-14H2,1-2H3/b21-15+,22-20-. The average Bonchev–Trinajstić information content (AvgIpc) is 3.03. The van der Waals surface area contributed by atoms with Gasteiger partial charge in [-0.2, -0.15) is 5.10 Å². The van der Waals surface area contributed by atoms with Crippen molar-refractivity contribution in [2.45, 2.75) is 6.92 Å². The number of rotatable bonds is 3. The van der Waals surface area contributed by atoms with E-state index in [0.29, 0.717) is 0 Å². The molecule has 26 heavy (non-hydrogen) atoms. The van der Waals surface area contributed by atoms with Crippen LogP contribution in [0.5, 0.6) is 0 Å². The molecule has 134 valence electrons. The van der Waals surface area contributed by atoms with Crippen LogP contribution in [0.1, 0.15) is 12.5 Å². The number of para-hydroxylation sites is 1. The van der Waals surface area contributed by atoms with Crippen LogP contribution in [0.3, 0.4) is 0 Å². The van der Waals surface area contributed by atoms with Crippen LogP contribution in [0.15, 0.2) is 58.7 Å². The fourth-order valence-electron chi connectivity index (χ4n) is 3.09. The lowest BCUT2D eigenvalue weighted by molar-refractivity contribution is 0.122. The van der Waals surface area contributed by atoms with Crippen molar-refractivity contribution in [3.8, 4) is 0 Å². The molecule has 0 N–H and O–H groups in total. The molecule has 1 saturated heterocycles. The predicted molar refractivity (Wildman–Crippen MR) is 108 cm³/mol. The Morgan fingerprint density at radius 1 is 1.04 bits per heavy atom. The molecule has 3 aromatic rings. The van der Waals surface area contributed by atoms with E-state index in [1.165, 1.54) is 15.9 Å². The zero-order valence-electron chi connectivity index (χ0n) is 15.1. The second kappa shape index (κ2) is 7.43. The smallest absolute Gasteiger partial charge is 0.211 e. The molecule has 0 radical (unpaired) electrons. The van der Waals surface area contributed by atoms with Gasteiger partial charge in [0.05, 0.1) is 29.1 Å². The minimum absolute atomic E-state index is 0.799. The summed E-state index contributed by atoms with van der Waals surface area (Å²) in [4.78, 5) is 3.25. The molecule has 0 unspecified atom stereocenters. The monoisotopic (exact) mass is 366 g/mol. The predicted octanol–water partition coefficient (Wildman–Crippen LogP) is 3.40. The Balaban J connectivity index is 1.58. The van der Waals surface area contributed by atoms with Gasteiger partial charge < -0.3 is 14.2 Å². The third-order valence-corrected chi connectivity index (χ3v) is 5.76. The zero-order chi connectivity index (χ0) is 17.9. The summed E-state index contributed by atoms with van der Waals surface area (Å²) in [6.45, 7) is 5.50. The Hall–Kier alpha value is -2.44. The first-order chi connectivity index (χ1) is 12.7. The van der Waals surface area contributed by atoms with Crippen molar-refractivity contribution in [2.24, 2.45) is 17.3 Å². The fraction of sp³-hybridized carbons (Fsp3) is 0.300. The van der Waals surface area contributed by atoms with Gasteiger partial charge >= 0.3 is 0 Å². The van der Waals surface area contributed by atoms with Crippen LogP contribution in [0.4, 0.5) is 5.69 Å². The minimum atomic E-state index is 0.799. The number of aromatic nitrogens is 1. The highest BCUT2D eigenvalue weighted by Crippen LogP contribution is 2.18. The Labute approximate surface area is 156 Å².